The summed E-state index contributed by atoms with van der Waals surface area (Å²) in [5, 5.41) is 0.311. The molecule has 156 valence electrons. The van der Waals surface area contributed by atoms with Gasteiger partial charge in [0.05, 0.1) is 4.90 Å². The van der Waals surface area contributed by atoms with Crippen LogP contribution in [0.25, 0.3) is 0 Å². The van der Waals surface area contributed by atoms with Gasteiger partial charge in [0, 0.05) is 17.1 Å². The van der Waals surface area contributed by atoms with E-state index < -0.39 is 40.2 Å². The minimum atomic E-state index is -4.35. The van der Waals surface area contributed by atoms with Crippen molar-refractivity contribution in [3.63, 3.8) is 0 Å². The lowest BCUT2D eigenvalue weighted by molar-refractivity contribution is -0.122. The maximum absolute atomic E-state index is 14.3. The van der Waals surface area contributed by atoms with Crippen LogP contribution in [-0.4, -0.2) is 18.6 Å². The van der Waals surface area contributed by atoms with E-state index >= 15 is 0 Å². The topological polar surface area (TPSA) is 80.5 Å². The average molecular weight is 451 g/mol. The number of hydrogen-bond acceptors (Lipinski definition) is 3. The van der Waals surface area contributed by atoms with Gasteiger partial charge in [-0.1, -0.05) is 54.1 Å². The van der Waals surface area contributed by atoms with E-state index in [9.17, 15) is 22.0 Å². The monoisotopic (exact) mass is 450 g/mol. The number of rotatable bonds is 7. The van der Waals surface area contributed by atoms with Crippen molar-refractivity contribution in [2.75, 3.05) is 0 Å². The van der Waals surface area contributed by atoms with E-state index in [1.165, 1.54) is 48.5 Å². The summed E-state index contributed by atoms with van der Waals surface area (Å²) in [6.45, 7) is -0.614. The number of carbonyl (C=O) groups excluding carboxylic acids is 1. The van der Waals surface area contributed by atoms with Gasteiger partial charge >= 0.3 is 0 Å². The Morgan fingerprint density at radius 1 is 0.967 bits per heavy atom. The molecule has 0 aromatic heterocycles. The maximum atomic E-state index is 14.3. The molecule has 0 unspecified atom stereocenters. The summed E-state index contributed by atoms with van der Waals surface area (Å²) in [5.74, 6) is -3.30. The molecule has 1 amide bonds. The number of carbonyl (C=O) groups is 1. The second kappa shape index (κ2) is 8.91. The third-order valence-corrected chi connectivity index (χ3v) is 6.53. The van der Waals surface area contributed by atoms with E-state index in [1.54, 1.807) is 18.2 Å². The number of nitrogens with two attached hydrogens (primary N) is 1. The van der Waals surface area contributed by atoms with E-state index in [0.29, 0.717) is 10.6 Å². The molecule has 0 saturated heterocycles. The predicted molar refractivity (Wildman–Crippen MR) is 109 cm³/mol. The van der Waals surface area contributed by atoms with Crippen LogP contribution in [0, 0.1) is 11.6 Å². The Morgan fingerprint density at radius 2 is 1.60 bits per heavy atom. The molecule has 0 radical (unpaired) electrons. The Labute approximate surface area is 177 Å². The molecule has 0 spiro atoms. The van der Waals surface area contributed by atoms with Gasteiger partial charge in [0.2, 0.25) is 15.9 Å². The van der Waals surface area contributed by atoms with Crippen LogP contribution in [-0.2, 0) is 21.4 Å². The summed E-state index contributed by atoms with van der Waals surface area (Å²) in [6.07, 6.45) is 0. The lowest BCUT2D eigenvalue weighted by Crippen LogP contribution is -2.41. The first-order valence-electron chi connectivity index (χ1n) is 8.76. The van der Waals surface area contributed by atoms with Crippen molar-refractivity contribution >= 4 is 27.5 Å². The number of halogens is 3. The molecule has 0 fully saturated rings. The fourth-order valence-electron chi connectivity index (χ4n) is 3.00. The Kier molecular flexibility index (Phi) is 6.50. The lowest BCUT2D eigenvalue weighted by Gasteiger charge is -2.29. The second-order valence-corrected chi connectivity index (χ2v) is 8.76. The first-order chi connectivity index (χ1) is 14.2. The van der Waals surface area contributed by atoms with Crippen LogP contribution in [0.15, 0.2) is 77.7 Å². The van der Waals surface area contributed by atoms with Gasteiger partial charge in [0.15, 0.2) is 11.6 Å². The first kappa shape index (κ1) is 21.9. The lowest BCUT2D eigenvalue weighted by atomic mass is 10.1. The highest BCUT2D eigenvalue weighted by Crippen LogP contribution is 2.31. The van der Waals surface area contributed by atoms with Crippen molar-refractivity contribution in [2.45, 2.75) is 17.5 Å². The molecule has 1 atom stereocenters. The number of amides is 1. The molecule has 0 saturated carbocycles. The normalized spacial score (nSPS) is 12.7. The van der Waals surface area contributed by atoms with Crippen LogP contribution < -0.4 is 5.73 Å². The van der Waals surface area contributed by atoms with Crippen molar-refractivity contribution in [3.8, 4) is 0 Å². The van der Waals surface area contributed by atoms with Crippen molar-refractivity contribution in [1.29, 1.82) is 0 Å². The van der Waals surface area contributed by atoms with Crippen molar-refractivity contribution in [2.24, 2.45) is 5.73 Å². The Balaban J connectivity index is 2.18. The number of sulfonamides is 1. The molecule has 0 aliphatic heterocycles. The Hall–Kier alpha value is -2.81. The minimum absolute atomic E-state index is 0.175. The van der Waals surface area contributed by atoms with E-state index in [1.807, 2.05) is 0 Å². The van der Waals surface area contributed by atoms with Crippen LogP contribution >= 0.6 is 11.6 Å². The van der Waals surface area contributed by atoms with Gasteiger partial charge in [-0.15, -0.1) is 0 Å². The highest BCUT2D eigenvalue weighted by atomic mass is 35.5. The predicted octanol–water partition coefficient (Wildman–Crippen LogP) is 4.04. The third-order valence-electron chi connectivity index (χ3n) is 4.45. The smallest absolute Gasteiger partial charge is 0.244 e. The molecule has 0 bridgehead atoms. The summed E-state index contributed by atoms with van der Waals surface area (Å²) < 4.78 is 55.7. The molecule has 0 heterocycles. The first-order valence-corrected chi connectivity index (χ1v) is 10.6. The third kappa shape index (κ3) is 4.51. The number of nitrogens with zero attached hydrogens (tertiary/aromatic N) is 1. The van der Waals surface area contributed by atoms with Crippen molar-refractivity contribution < 1.29 is 22.0 Å². The second-order valence-electron chi connectivity index (χ2n) is 6.43. The van der Waals surface area contributed by atoms with Crippen LogP contribution in [0.5, 0.6) is 0 Å². The number of primary amides is 1. The molecule has 0 aliphatic rings. The van der Waals surface area contributed by atoms with E-state index in [0.717, 1.165) is 10.4 Å². The molecule has 2 N–H and O–H groups in total. The van der Waals surface area contributed by atoms with E-state index in [4.69, 9.17) is 17.3 Å². The summed E-state index contributed by atoms with van der Waals surface area (Å²) in [4.78, 5) is 12.2. The quantitative estimate of drug-likeness (QED) is 0.590. The molecule has 3 aromatic carbocycles. The molecule has 3 aromatic rings. The molecule has 3 rings (SSSR count). The standard InChI is InChI=1S/C21H17ClF2N2O3S/c22-16-9-11-17(12-10-16)30(28,29)26(13-15-7-4-8-18(23)19(15)24)20(21(25)27)14-5-2-1-3-6-14/h1-12,20H,13H2,(H2,25,27)/t20-/m1/s1. The number of benzene rings is 3. The highest BCUT2D eigenvalue weighted by molar-refractivity contribution is 7.89. The maximum Gasteiger partial charge on any atom is 0.244 e. The number of hydrogen-bond donors (Lipinski definition) is 1. The SMILES string of the molecule is NC(=O)[C@@H](c1ccccc1)N(Cc1cccc(F)c1F)S(=O)(=O)c1ccc(Cl)cc1. The van der Waals surface area contributed by atoms with Crippen LogP contribution in [0.3, 0.4) is 0 Å². The summed E-state index contributed by atoms with van der Waals surface area (Å²) >= 11 is 5.84. The van der Waals surface area contributed by atoms with Gasteiger partial charge < -0.3 is 5.73 Å². The van der Waals surface area contributed by atoms with Gasteiger partial charge in [-0.3, -0.25) is 4.79 Å². The molecule has 30 heavy (non-hydrogen) atoms. The fourth-order valence-corrected chi connectivity index (χ4v) is 4.69. The van der Waals surface area contributed by atoms with E-state index in [-0.39, 0.29) is 10.5 Å². The van der Waals surface area contributed by atoms with Gasteiger partial charge in [-0.05, 0) is 35.9 Å². The fraction of sp³-hybridized carbons (Fsp3) is 0.0952. The minimum Gasteiger partial charge on any atom is -0.368 e. The van der Waals surface area contributed by atoms with Gasteiger partial charge in [-0.2, -0.15) is 4.31 Å². The van der Waals surface area contributed by atoms with Gasteiger partial charge in [-0.25, -0.2) is 17.2 Å². The zero-order chi connectivity index (χ0) is 21.9. The molecular weight excluding hydrogens is 434 g/mol. The zero-order valence-corrected chi connectivity index (χ0v) is 17.1. The highest BCUT2D eigenvalue weighted by Gasteiger charge is 2.36. The molecule has 9 heteroatoms. The average Bonchev–Trinajstić information content (AvgIpc) is 2.71. The van der Waals surface area contributed by atoms with Gasteiger partial charge in [0.25, 0.3) is 0 Å². The Morgan fingerprint density at radius 3 is 2.20 bits per heavy atom. The largest absolute Gasteiger partial charge is 0.368 e. The zero-order valence-electron chi connectivity index (χ0n) is 15.5. The van der Waals surface area contributed by atoms with E-state index in [2.05, 4.69) is 0 Å². The van der Waals surface area contributed by atoms with Crippen molar-refractivity contribution in [3.05, 3.63) is 101 Å². The summed E-state index contributed by atoms with van der Waals surface area (Å²) in [7, 11) is -4.35. The molecule has 5 nitrogen and oxygen atoms in total. The van der Waals surface area contributed by atoms with Gasteiger partial charge in [0.1, 0.15) is 6.04 Å². The summed E-state index contributed by atoms with van der Waals surface area (Å²) in [5.41, 5.74) is 5.61. The van der Waals surface area contributed by atoms with Crippen LogP contribution in [0.2, 0.25) is 5.02 Å². The van der Waals surface area contributed by atoms with Crippen LogP contribution in [0.1, 0.15) is 17.2 Å². The Bertz CT molecular complexity index is 1160. The molecular formula is C21H17ClF2N2O3S. The summed E-state index contributed by atoms with van der Waals surface area (Å²) in [6, 6.07) is 15.2. The van der Waals surface area contributed by atoms with Crippen LogP contribution in [0.4, 0.5) is 8.78 Å². The molecule has 0 aliphatic carbocycles. The van der Waals surface area contributed by atoms with Crippen molar-refractivity contribution in [1.82, 2.24) is 4.31 Å².